The molecule has 2 aliphatic carbocycles. The minimum Gasteiger partial charge on any atom is -0.508 e. The van der Waals surface area contributed by atoms with Crippen molar-refractivity contribution in [3.63, 3.8) is 0 Å². The van der Waals surface area contributed by atoms with E-state index in [4.69, 9.17) is 0 Å². The first-order valence-corrected chi connectivity index (χ1v) is 9.29. The molecule has 4 N–H and O–H groups in total. The molecule has 142 valence electrons. The Balaban J connectivity index is 1.67. The molecule has 0 fully saturated rings. The number of rotatable bonds is 4. The molecule has 0 radical (unpaired) electrons. The summed E-state index contributed by atoms with van der Waals surface area (Å²) in [6.07, 6.45) is 7.26. The SMILES string of the molecule is OC1=CCC2C(Cc3ccc(O)cc3)=CC=C(O)C2=C1Cc1ccc(O)cc1. The van der Waals surface area contributed by atoms with Gasteiger partial charge in [0.15, 0.2) is 0 Å². The average Bonchev–Trinajstić information content (AvgIpc) is 2.69. The molecule has 4 rings (SSSR count). The first-order valence-electron chi connectivity index (χ1n) is 9.29. The lowest BCUT2D eigenvalue weighted by Crippen LogP contribution is -2.21. The van der Waals surface area contributed by atoms with E-state index in [1.165, 1.54) is 0 Å². The van der Waals surface area contributed by atoms with Gasteiger partial charge in [-0.25, -0.2) is 0 Å². The molecule has 1 unspecified atom stereocenters. The van der Waals surface area contributed by atoms with Gasteiger partial charge < -0.3 is 20.4 Å². The molecule has 2 aromatic rings. The highest BCUT2D eigenvalue weighted by molar-refractivity contribution is 5.53. The molecule has 2 aromatic carbocycles. The van der Waals surface area contributed by atoms with Crippen LogP contribution in [-0.4, -0.2) is 20.4 Å². The van der Waals surface area contributed by atoms with Gasteiger partial charge in [0.25, 0.3) is 0 Å². The summed E-state index contributed by atoms with van der Waals surface area (Å²) < 4.78 is 0. The molecule has 28 heavy (non-hydrogen) atoms. The average molecular weight is 374 g/mol. The van der Waals surface area contributed by atoms with Crippen molar-refractivity contribution >= 4 is 0 Å². The first-order chi connectivity index (χ1) is 13.5. The summed E-state index contributed by atoms with van der Waals surface area (Å²) in [6.45, 7) is 0. The van der Waals surface area contributed by atoms with Crippen LogP contribution in [0.3, 0.4) is 0 Å². The van der Waals surface area contributed by atoms with Gasteiger partial charge in [-0.3, -0.25) is 0 Å². The Morgan fingerprint density at radius 1 is 0.679 bits per heavy atom. The number of hydrogen-bond donors (Lipinski definition) is 4. The molecule has 0 aliphatic heterocycles. The molecule has 0 aromatic heterocycles. The number of aliphatic hydroxyl groups is 2. The fourth-order valence-corrected chi connectivity index (χ4v) is 3.92. The van der Waals surface area contributed by atoms with Gasteiger partial charge in [-0.1, -0.05) is 35.9 Å². The third kappa shape index (κ3) is 3.54. The van der Waals surface area contributed by atoms with Crippen molar-refractivity contribution < 1.29 is 20.4 Å². The summed E-state index contributed by atoms with van der Waals surface area (Å²) in [5.41, 5.74) is 4.67. The van der Waals surface area contributed by atoms with E-state index in [0.717, 1.165) is 22.3 Å². The fraction of sp³-hybridized carbons (Fsp3) is 0.167. The van der Waals surface area contributed by atoms with Gasteiger partial charge in [0.05, 0.1) is 0 Å². The highest BCUT2D eigenvalue weighted by Gasteiger charge is 2.31. The third-order valence-corrected chi connectivity index (χ3v) is 5.37. The molecule has 0 spiro atoms. The van der Waals surface area contributed by atoms with Gasteiger partial charge >= 0.3 is 0 Å². The van der Waals surface area contributed by atoms with Crippen LogP contribution in [0.1, 0.15) is 17.5 Å². The number of phenolic OH excluding ortho intramolecular Hbond substituents is 2. The van der Waals surface area contributed by atoms with Crippen LogP contribution in [0.2, 0.25) is 0 Å². The van der Waals surface area contributed by atoms with Crippen LogP contribution in [0, 0.1) is 5.92 Å². The second kappa shape index (κ2) is 7.31. The summed E-state index contributed by atoms with van der Waals surface area (Å²) in [7, 11) is 0. The van der Waals surface area contributed by atoms with E-state index in [9.17, 15) is 20.4 Å². The number of aromatic hydroxyl groups is 2. The number of hydrogen-bond acceptors (Lipinski definition) is 4. The van der Waals surface area contributed by atoms with Crippen LogP contribution in [0.25, 0.3) is 0 Å². The number of allylic oxidation sites excluding steroid dienone is 6. The van der Waals surface area contributed by atoms with Gasteiger partial charge in [0.2, 0.25) is 0 Å². The van der Waals surface area contributed by atoms with Crippen molar-refractivity contribution in [2.45, 2.75) is 19.3 Å². The normalized spacial score (nSPS) is 18.9. The van der Waals surface area contributed by atoms with Crippen LogP contribution in [0.4, 0.5) is 0 Å². The predicted molar refractivity (Wildman–Crippen MR) is 108 cm³/mol. The van der Waals surface area contributed by atoms with Gasteiger partial charge in [-0.15, -0.1) is 0 Å². The summed E-state index contributed by atoms with van der Waals surface area (Å²) >= 11 is 0. The highest BCUT2D eigenvalue weighted by Crippen LogP contribution is 2.42. The Morgan fingerprint density at radius 2 is 1.25 bits per heavy atom. The minimum atomic E-state index is 0.00168. The van der Waals surface area contributed by atoms with Crippen molar-refractivity contribution in [1.29, 1.82) is 0 Å². The highest BCUT2D eigenvalue weighted by atomic mass is 16.3. The van der Waals surface area contributed by atoms with E-state index in [2.05, 4.69) is 0 Å². The Morgan fingerprint density at radius 3 is 1.86 bits per heavy atom. The van der Waals surface area contributed by atoms with E-state index in [1.54, 1.807) is 30.3 Å². The van der Waals surface area contributed by atoms with Crippen molar-refractivity contribution in [2.24, 2.45) is 5.92 Å². The predicted octanol–water partition coefficient (Wildman–Crippen LogP) is 5.02. The summed E-state index contributed by atoms with van der Waals surface area (Å²) in [5.74, 6) is 0.822. The lowest BCUT2D eigenvalue weighted by atomic mass is 9.74. The lowest BCUT2D eigenvalue weighted by molar-refractivity contribution is 0.379. The van der Waals surface area contributed by atoms with Crippen LogP contribution < -0.4 is 0 Å². The van der Waals surface area contributed by atoms with Crippen LogP contribution in [0.5, 0.6) is 11.5 Å². The maximum atomic E-state index is 10.6. The minimum absolute atomic E-state index is 0.00168. The lowest BCUT2D eigenvalue weighted by Gasteiger charge is -2.31. The van der Waals surface area contributed by atoms with E-state index < -0.39 is 0 Å². The topological polar surface area (TPSA) is 80.9 Å². The van der Waals surface area contributed by atoms with E-state index in [0.29, 0.717) is 24.8 Å². The van der Waals surface area contributed by atoms with Crippen LogP contribution >= 0.6 is 0 Å². The Hall–Kier alpha value is -3.40. The summed E-state index contributed by atoms with van der Waals surface area (Å²) in [4.78, 5) is 0. The number of aliphatic hydroxyl groups excluding tert-OH is 2. The van der Waals surface area contributed by atoms with E-state index in [-0.39, 0.29) is 28.9 Å². The molecule has 0 saturated heterocycles. The molecule has 0 heterocycles. The maximum absolute atomic E-state index is 10.6. The van der Waals surface area contributed by atoms with Gasteiger partial charge in [-0.05, 0) is 60.4 Å². The summed E-state index contributed by atoms with van der Waals surface area (Å²) in [6, 6.07) is 14.0. The number of benzene rings is 2. The zero-order valence-electron chi connectivity index (χ0n) is 15.3. The summed E-state index contributed by atoms with van der Waals surface area (Å²) in [5, 5.41) is 40.1. The Kier molecular flexibility index (Phi) is 4.70. The zero-order chi connectivity index (χ0) is 19.7. The number of phenols is 2. The molecule has 1 atom stereocenters. The second-order valence-electron chi connectivity index (χ2n) is 7.25. The second-order valence-corrected chi connectivity index (χ2v) is 7.25. The monoisotopic (exact) mass is 374 g/mol. The van der Waals surface area contributed by atoms with E-state index in [1.807, 2.05) is 36.4 Å². The molecule has 2 aliphatic rings. The molecular weight excluding hydrogens is 352 g/mol. The molecule has 0 bridgehead atoms. The van der Waals surface area contributed by atoms with Crippen LogP contribution in [0.15, 0.2) is 95.0 Å². The smallest absolute Gasteiger partial charge is 0.119 e. The third-order valence-electron chi connectivity index (χ3n) is 5.37. The molecular formula is C24H22O4. The van der Waals surface area contributed by atoms with Crippen molar-refractivity contribution in [3.05, 3.63) is 106 Å². The Bertz CT molecular complexity index is 1010. The Labute approximate surface area is 163 Å². The quantitative estimate of drug-likeness (QED) is 0.605. The number of fused-ring (bicyclic) bond motifs is 1. The van der Waals surface area contributed by atoms with Gasteiger partial charge in [0, 0.05) is 23.5 Å². The standard InChI is InChI=1S/C24H22O4/c25-18-6-1-15(2-7-18)13-17-5-11-23(28)24-20(17)10-12-22(27)21(24)14-16-3-8-19(26)9-4-16/h1-9,11-12,20,25-28H,10,13-14H2. The molecule has 0 amide bonds. The molecule has 0 saturated carbocycles. The fourth-order valence-electron chi connectivity index (χ4n) is 3.92. The largest absolute Gasteiger partial charge is 0.508 e. The first kappa shape index (κ1) is 18.0. The molecule has 4 heteroatoms. The van der Waals surface area contributed by atoms with Crippen molar-refractivity contribution in [1.82, 2.24) is 0 Å². The maximum Gasteiger partial charge on any atom is 0.119 e. The zero-order valence-corrected chi connectivity index (χ0v) is 15.3. The van der Waals surface area contributed by atoms with Crippen molar-refractivity contribution in [2.75, 3.05) is 0 Å². The van der Waals surface area contributed by atoms with E-state index >= 15 is 0 Å². The van der Waals surface area contributed by atoms with Crippen LogP contribution in [-0.2, 0) is 12.8 Å². The van der Waals surface area contributed by atoms with Gasteiger partial charge in [0.1, 0.15) is 23.0 Å². The van der Waals surface area contributed by atoms with Crippen molar-refractivity contribution in [3.8, 4) is 11.5 Å². The molecule has 4 nitrogen and oxygen atoms in total. The van der Waals surface area contributed by atoms with Gasteiger partial charge in [-0.2, -0.15) is 0 Å².